The average Bonchev–Trinajstić information content (AvgIpc) is 2.08. The van der Waals surface area contributed by atoms with Gasteiger partial charge in [-0.3, -0.25) is 0 Å². The second-order valence-electron chi connectivity index (χ2n) is 2.92. The monoisotopic (exact) mass is 176 g/mol. The maximum Gasteiger partial charge on any atom is 0.109 e. The molecule has 3 atom stereocenters. The molecule has 2 N–H and O–H groups in total. The van der Waals surface area contributed by atoms with E-state index < -0.39 is 12.2 Å². The summed E-state index contributed by atoms with van der Waals surface area (Å²) in [4.78, 5) is 0. The fourth-order valence-corrected chi connectivity index (χ4v) is 1.24. The molecule has 0 aromatic carbocycles. The largest absolute Gasteiger partial charge is 0.390 e. The number of aliphatic hydroxyl groups is 2. The lowest BCUT2D eigenvalue weighted by Gasteiger charge is -2.31. The lowest BCUT2D eigenvalue weighted by Crippen LogP contribution is -2.46. The normalized spacial score (nSPS) is 36.8. The Kier molecular flexibility index (Phi) is 3.94. The van der Waals surface area contributed by atoms with Crippen molar-refractivity contribution in [3.63, 3.8) is 0 Å². The van der Waals surface area contributed by atoms with E-state index in [1.165, 1.54) is 0 Å². The van der Waals surface area contributed by atoms with Crippen LogP contribution in [0.4, 0.5) is 0 Å². The molecular weight excluding hydrogens is 160 g/mol. The first-order valence-corrected chi connectivity index (χ1v) is 4.31. The van der Waals surface area contributed by atoms with Crippen LogP contribution in [0.2, 0.25) is 0 Å². The first kappa shape index (κ1) is 9.92. The van der Waals surface area contributed by atoms with Crippen molar-refractivity contribution in [1.29, 1.82) is 0 Å². The fourth-order valence-electron chi connectivity index (χ4n) is 1.24. The van der Waals surface area contributed by atoms with Crippen LogP contribution in [0.3, 0.4) is 0 Å². The molecular formula is C8H16O4. The van der Waals surface area contributed by atoms with E-state index in [0.717, 1.165) is 0 Å². The van der Waals surface area contributed by atoms with Crippen LogP contribution in [0.5, 0.6) is 0 Å². The van der Waals surface area contributed by atoms with Gasteiger partial charge in [0.25, 0.3) is 0 Å². The molecule has 0 aliphatic carbocycles. The van der Waals surface area contributed by atoms with Gasteiger partial charge in [-0.05, 0) is 13.3 Å². The molecule has 4 nitrogen and oxygen atoms in total. The van der Waals surface area contributed by atoms with Gasteiger partial charge in [-0.2, -0.15) is 0 Å². The van der Waals surface area contributed by atoms with E-state index >= 15 is 0 Å². The Morgan fingerprint density at radius 2 is 2.25 bits per heavy atom. The molecule has 0 unspecified atom stereocenters. The van der Waals surface area contributed by atoms with Crippen molar-refractivity contribution in [3.8, 4) is 0 Å². The van der Waals surface area contributed by atoms with Gasteiger partial charge >= 0.3 is 0 Å². The second kappa shape index (κ2) is 4.77. The SMILES string of the molecule is CCOC[C@H]1OCC[C@@H](O)[C@H]1O. The van der Waals surface area contributed by atoms with Crippen molar-refractivity contribution < 1.29 is 19.7 Å². The first-order valence-electron chi connectivity index (χ1n) is 4.31. The molecule has 0 saturated carbocycles. The van der Waals surface area contributed by atoms with Gasteiger partial charge in [-0.25, -0.2) is 0 Å². The summed E-state index contributed by atoms with van der Waals surface area (Å²) in [6, 6.07) is 0. The summed E-state index contributed by atoms with van der Waals surface area (Å²) in [6.07, 6.45) is -1.33. The molecule has 1 aliphatic rings. The van der Waals surface area contributed by atoms with Gasteiger partial charge in [-0.15, -0.1) is 0 Å². The summed E-state index contributed by atoms with van der Waals surface area (Å²) in [5, 5.41) is 18.7. The predicted molar refractivity (Wildman–Crippen MR) is 42.9 cm³/mol. The number of hydrogen-bond donors (Lipinski definition) is 2. The Morgan fingerprint density at radius 1 is 1.50 bits per heavy atom. The topological polar surface area (TPSA) is 58.9 Å². The van der Waals surface area contributed by atoms with Crippen molar-refractivity contribution in [2.24, 2.45) is 0 Å². The standard InChI is InChI=1S/C8H16O4/c1-2-11-5-7-8(10)6(9)3-4-12-7/h6-10H,2-5H2,1H3/t6-,7-,8-/m1/s1. The maximum atomic E-state index is 9.41. The lowest BCUT2D eigenvalue weighted by molar-refractivity contribution is -0.154. The molecule has 0 spiro atoms. The lowest BCUT2D eigenvalue weighted by atomic mass is 10.0. The van der Waals surface area contributed by atoms with E-state index in [1.807, 2.05) is 6.92 Å². The highest BCUT2D eigenvalue weighted by atomic mass is 16.5. The van der Waals surface area contributed by atoms with E-state index in [1.54, 1.807) is 0 Å². The van der Waals surface area contributed by atoms with Crippen molar-refractivity contribution in [2.75, 3.05) is 19.8 Å². The smallest absolute Gasteiger partial charge is 0.109 e. The van der Waals surface area contributed by atoms with Crippen LogP contribution >= 0.6 is 0 Å². The zero-order valence-electron chi connectivity index (χ0n) is 7.27. The molecule has 0 radical (unpaired) electrons. The predicted octanol–water partition coefficient (Wildman–Crippen LogP) is -0.466. The fraction of sp³-hybridized carbons (Fsp3) is 1.00. The van der Waals surface area contributed by atoms with Gasteiger partial charge < -0.3 is 19.7 Å². The third-order valence-corrected chi connectivity index (χ3v) is 2.01. The minimum absolute atomic E-state index is 0.356. The van der Waals surface area contributed by atoms with Gasteiger partial charge in [0.15, 0.2) is 0 Å². The van der Waals surface area contributed by atoms with Crippen LogP contribution in [0.1, 0.15) is 13.3 Å². The molecule has 4 heteroatoms. The van der Waals surface area contributed by atoms with Crippen LogP contribution in [0.25, 0.3) is 0 Å². The van der Waals surface area contributed by atoms with E-state index in [-0.39, 0.29) is 6.10 Å². The highest BCUT2D eigenvalue weighted by Crippen LogP contribution is 2.14. The summed E-state index contributed by atoms with van der Waals surface area (Å²) in [7, 11) is 0. The second-order valence-corrected chi connectivity index (χ2v) is 2.92. The van der Waals surface area contributed by atoms with Crippen LogP contribution in [-0.2, 0) is 9.47 Å². The number of rotatable bonds is 3. The van der Waals surface area contributed by atoms with E-state index in [9.17, 15) is 10.2 Å². The van der Waals surface area contributed by atoms with E-state index in [0.29, 0.717) is 26.2 Å². The van der Waals surface area contributed by atoms with Crippen molar-refractivity contribution in [2.45, 2.75) is 31.7 Å². The molecule has 1 rings (SSSR count). The molecule has 0 bridgehead atoms. The van der Waals surface area contributed by atoms with Crippen molar-refractivity contribution in [1.82, 2.24) is 0 Å². The van der Waals surface area contributed by atoms with Crippen LogP contribution < -0.4 is 0 Å². The van der Waals surface area contributed by atoms with Crippen LogP contribution in [0.15, 0.2) is 0 Å². The third kappa shape index (κ3) is 2.42. The summed E-state index contributed by atoms with van der Waals surface area (Å²) in [5.74, 6) is 0. The van der Waals surface area contributed by atoms with Gasteiger partial charge in [0.1, 0.15) is 12.2 Å². The molecule has 72 valence electrons. The van der Waals surface area contributed by atoms with Crippen LogP contribution in [-0.4, -0.2) is 48.3 Å². The Morgan fingerprint density at radius 3 is 2.92 bits per heavy atom. The Balaban J connectivity index is 2.30. The highest BCUT2D eigenvalue weighted by molar-refractivity contribution is 4.80. The van der Waals surface area contributed by atoms with Crippen LogP contribution in [0, 0.1) is 0 Å². The van der Waals surface area contributed by atoms with Crippen molar-refractivity contribution in [3.05, 3.63) is 0 Å². The number of aliphatic hydroxyl groups excluding tert-OH is 2. The molecule has 1 aliphatic heterocycles. The van der Waals surface area contributed by atoms with Gasteiger partial charge in [0, 0.05) is 13.2 Å². The molecule has 1 fully saturated rings. The Hall–Kier alpha value is -0.160. The summed E-state index contributed by atoms with van der Waals surface area (Å²) in [5.41, 5.74) is 0. The molecule has 0 aromatic heterocycles. The highest BCUT2D eigenvalue weighted by Gasteiger charge is 2.31. The average molecular weight is 176 g/mol. The van der Waals surface area contributed by atoms with E-state index in [4.69, 9.17) is 9.47 Å². The quantitative estimate of drug-likeness (QED) is 0.610. The van der Waals surface area contributed by atoms with Gasteiger partial charge in [0.05, 0.1) is 12.7 Å². The molecule has 0 amide bonds. The van der Waals surface area contributed by atoms with Crippen molar-refractivity contribution >= 4 is 0 Å². The first-order chi connectivity index (χ1) is 5.75. The summed E-state index contributed by atoms with van der Waals surface area (Å²) < 4.78 is 10.3. The van der Waals surface area contributed by atoms with Gasteiger partial charge in [-0.1, -0.05) is 0 Å². The molecule has 1 saturated heterocycles. The number of ether oxygens (including phenoxy) is 2. The zero-order valence-corrected chi connectivity index (χ0v) is 7.27. The molecule has 1 heterocycles. The summed E-state index contributed by atoms with van der Waals surface area (Å²) >= 11 is 0. The number of hydrogen-bond acceptors (Lipinski definition) is 4. The third-order valence-electron chi connectivity index (χ3n) is 2.01. The minimum Gasteiger partial charge on any atom is -0.390 e. The molecule has 0 aromatic rings. The van der Waals surface area contributed by atoms with Gasteiger partial charge in [0.2, 0.25) is 0 Å². The zero-order chi connectivity index (χ0) is 8.97. The van der Waals surface area contributed by atoms with E-state index in [2.05, 4.69) is 0 Å². The maximum absolute atomic E-state index is 9.41. The minimum atomic E-state index is -0.801. The molecule has 12 heavy (non-hydrogen) atoms. The Bertz CT molecular complexity index is 128. The Labute approximate surface area is 72.1 Å². The summed E-state index contributed by atoms with van der Waals surface area (Å²) in [6.45, 7) is 3.33.